The lowest BCUT2D eigenvalue weighted by Gasteiger charge is -2.49. The van der Waals surface area contributed by atoms with Crippen LogP contribution in [0.2, 0.25) is 0 Å². The fraction of sp³-hybridized carbons (Fsp3) is 0.780. The van der Waals surface area contributed by atoms with Crippen molar-refractivity contribution in [2.75, 3.05) is 20.8 Å². The highest BCUT2D eigenvalue weighted by Crippen LogP contribution is 2.48. The average molecular weight is 899 g/mol. The highest BCUT2D eigenvalue weighted by Gasteiger charge is 2.60. The molecule has 17 unspecified atom stereocenters. The molecule has 1 spiro atoms. The van der Waals surface area contributed by atoms with Crippen LogP contribution in [0.4, 0.5) is 0 Å². The van der Waals surface area contributed by atoms with Gasteiger partial charge in [-0.2, -0.15) is 0 Å². The van der Waals surface area contributed by atoms with Crippen LogP contribution in [-0.4, -0.2) is 139 Å². The molecular weight excluding hydrogens is 825 g/mol. The minimum absolute atomic E-state index is 0.0242. The van der Waals surface area contributed by atoms with Crippen LogP contribution in [0.25, 0.3) is 0 Å². The first-order valence-corrected chi connectivity index (χ1v) is 24.0. The van der Waals surface area contributed by atoms with Crippen molar-refractivity contribution in [3.63, 3.8) is 0 Å². The number of rotatable bonds is 7. The molecule has 0 amide bonds. The molecule has 0 aromatic heterocycles. The van der Waals surface area contributed by atoms with Crippen molar-refractivity contribution in [2.24, 2.45) is 23.7 Å². The third-order valence-corrected chi connectivity index (χ3v) is 15.4. The molecule has 358 valence electrons. The summed E-state index contributed by atoms with van der Waals surface area (Å²) in [5, 5.41) is 34.3. The normalized spacial score (nSPS) is 47.1. The summed E-state index contributed by atoms with van der Waals surface area (Å²) < 4.78 is 64.1. The maximum Gasteiger partial charge on any atom is 0.316 e. The molecule has 4 saturated heterocycles. The predicted molar refractivity (Wildman–Crippen MR) is 234 cm³/mol. The average Bonchev–Trinajstić information content (AvgIpc) is 3.62. The first kappa shape index (κ1) is 48.2. The van der Waals surface area contributed by atoms with Crippen molar-refractivity contribution in [3.8, 4) is 0 Å². The number of hydrogen-bond acceptors (Lipinski definition) is 14. The number of carbonyl (C=O) groups excluding carboxylic acids is 1. The molecule has 0 aromatic rings. The van der Waals surface area contributed by atoms with Crippen LogP contribution >= 0.6 is 0 Å². The lowest BCUT2D eigenvalue weighted by molar-refractivity contribution is -0.318. The predicted octanol–water partition coefficient (Wildman–Crippen LogP) is 5.91. The van der Waals surface area contributed by atoms with Crippen LogP contribution < -0.4 is 0 Å². The van der Waals surface area contributed by atoms with E-state index in [0.29, 0.717) is 49.2 Å². The maximum absolute atomic E-state index is 14.4. The first-order chi connectivity index (χ1) is 30.6. The van der Waals surface area contributed by atoms with Gasteiger partial charge in [0, 0.05) is 51.7 Å². The number of methoxy groups -OCH3 is 2. The molecule has 2 aliphatic carbocycles. The van der Waals surface area contributed by atoms with Crippen LogP contribution in [0, 0.1) is 23.7 Å². The molecule has 6 heterocycles. The number of carbonyl (C=O) groups is 1. The third-order valence-electron chi connectivity index (χ3n) is 15.4. The minimum Gasteiger partial charge on any atom is -0.462 e. The summed E-state index contributed by atoms with van der Waals surface area (Å²) in [6.45, 7) is 11.9. The van der Waals surface area contributed by atoms with Gasteiger partial charge in [-0.15, -0.1) is 0 Å². The Hall–Kier alpha value is -2.31. The van der Waals surface area contributed by atoms with Crippen molar-refractivity contribution < 1.29 is 67.5 Å². The molecule has 19 atom stereocenters. The Kier molecular flexibility index (Phi) is 15.1. The molecule has 14 heteroatoms. The van der Waals surface area contributed by atoms with E-state index in [0.717, 1.165) is 18.4 Å². The van der Waals surface area contributed by atoms with Crippen LogP contribution in [0.5, 0.6) is 0 Å². The molecule has 0 radical (unpaired) electrons. The molecule has 14 nitrogen and oxygen atoms in total. The molecule has 64 heavy (non-hydrogen) atoms. The zero-order valence-electron chi connectivity index (χ0n) is 39.0. The molecule has 6 aliphatic heterocycles. The molecule has 3 N–H and O–H groups in total. The Morgan fingerprint density at radius 1 is 0.812 bits per heavy atom. The number of fused-ring (bicyclic) bond motifs is 2. The van der Waals surface area contributed by atoms with E-state index < -0.39 is 90.8 Å². The van der Waals surface area contributed by atoms with E-state index in [-0.39, 0.29) is 36.8 Å². The quantitative estimate of drug-likeness (QED) is 0.204. The molecule has 5 fully saturated rings. The summed E-state index contributed by atoms with van der Waals surface area (Å²) in [7, 11) is 3.23. The van der Waals surface area contributed by atoms with Gasteiger partial charge in [0.1, 0.15) is 42.0 Å². The summed E-state index contributed by atoms with van der Waals surface area (Å²) in [5.41, 5.74) is 0.166. The Balaban J connectivity index is 1.08. The van der Waals surface area contributed by atoms with Gasteiger partial charge < -0.3 is 62.7 Å². The van der Waals surface area contributed by atoms with Crippen LogP contribution in [0.1, 0.15) is 106 Å². The lowest BCUT2D eigenvalue weighted by Crippen LogP contribution is -2.58. The highest BCUT2D eigenvalue weighted by atomic mass is 16.7. The van der Waals surface area contributed by atoms with E-state index in [4.69, 9.17) is 47.4 Å². The van der Waals surface area contributed by atoms with Crippen LogP contribution in [0.3, 0.4) is 0 Å². The van der Waals surface area contributed by atoms with E-state index in [2.05, 4.69) is 32.9 Å². The summed E-state index contributed by atoms with van der Waals surface area (Å²) >= 11 is 0. The van der Waals surface area contributed by atoms with E-state index in [9.17, 15) is 20.1 Å². The maximum atomic E-state index is 14.4. The van der Waals surface area contributed by atoms with Gasteiger partial charge in [0.15, 0.2) is 18.4 Å². The molecule has 8 rings (SSSR count). The van der Waals surface area contributed by atoms with E-state index in [1.807, 2.05) is 25.2 Å². The Labute approximate surface area is 379 Å². The minimum atomic E-state index is -1.83. The summed E-state index contributed by atoms with van der Waals surface area (Å²) in [5.74, 6) is -2.32. The fourth-order valence-corrected chi connectivity index (χ4v) is 11.7. The first-order valence-electron chi connectivity index (χ1n) is 24.0. The third kappa shape index (κ3) is 9.82. The van der Waals surface area contributed by atoms with Gasteiger partial charge in [0.25, 0.3) is 0 Å². The van der Waals surface area contributed by atoms with Crippen molar-refractivity contribution in [3.05, 3.63) is 59.3 Å². The van der Waals surface area contributed by atoms with E-state index in [1.165, 1.54) is 19.3 Å². The largest absolute Gasteiger partial charge is 0.462 e. The zero-order valence-corrected chi connectivity index (χ0v) is 39.0. The number of ether oxygens (including phenoxy) is 10. The van der Waals surface area contributed by atoms with Gasteiger partial charge in [-0.1, -0.05) is 69.6 Å². The monoisotopic (exact) mass is 899 g/mol. The van der Waals surface area contributed by atoms with Crippen LogP contribution in [0.15, 0.2) is 59.3 Å². The van der Waals surface area contributed by atoms with Gasteiger partial charge in [0.2, 0.25) is 0 Å². The fourth-order valence-electron chi connectivity index (χ4n) is 11.7. The van der Waals surface area contributed by atoms with Gasteiger partial charge in [-0.05, 0) is 75.7 Å². The smallest absolute Gasteiger partial charge is 0.316 e. The van der Waals surface area contributed by atoms with Crippen molar-refractivity contribution in [2.45, 2.75) is 203 Å². The van der Waals surface area contributed by atoms with E-state index in [1.54, 1.807) is 40.2 Å². The number of aliphatic hydroxyl groups excluding tert-OH is 2. The Bertz CT molecular complexity index is 1790. The number of hydrogen-bond donors (Lipinski definition) is 3. The Morgan fingerprint density at radius 3 is 2.28 bits per heavy atom. The Morgan fingerprint density at radius 2 is 1.53 bits per heavy atom. The summed E-state index contributed by atoms with van der Waals surface area (Å²) in [6.07, 6.45) is 13.8. The molecule has 2 bridgehead atoms. The second kappa shape index (κ2) is 20.1. The summed E-state index contributed by atoms with van der Waals surface area (Å²) in [6, 6.07) is 0. The van der Waals surface area contributed by atoms with Crippen molar-refractivity contribution in [1.29, 1.82) is 0 Å². The van der Waals surface area contributed by atoms with Crippen LogP contribution in [-0.2, 0) is 52.2 Å². The van der Waals surface area contributed by atoms with Crippen molar-refractivity contribution >= 4 is 5.97 Å². The second-order valence-electron chi connectivity index (χ2n) is 20.0. The number of esters is 1. The second-order valence-corrected chi connectivity index (χ2v) is 20.0. The van der Waals surface area contributed by atoms with Gasteiger partial charge >= 0.3 is 5.97 Å². The van der Waals surface area contributed by atoms with Crippen molar-refractivity contribution in [1.82, 2.24) is 0 Å². The molecular formula is C50H74O14. The highest BCUT2D eigenvalue weighted by molar-refractivity contribution is 5.78. The molecule has 1 saturated carbocycles. The van der Waals surface area contributed by atoms with Gasteiger partial charge in [0.05, 0.1) is 49.3 Å². The zero-order chi connectivity index (χ0) is 45.5. The van der Waals surface area contributed by atoms with E-state index >= 15 is 0 Å². The number of allylic oxidation sites excluding steroid dienone is 2. The summed E-state index contributed by atoms with van der Waals surface area (Å²) in [4.78, 5) is 14.4. The molecule has 0 aromatic carbocycles. The topological polar surface area (TPSA) is 170 Å². The molecule has 8 aliphatic rings. The SMILES string of the molecule is COC1CC(OC2C(C)OC(OC3C(C)=CCC4CC(C[C@]5(C=CC(C)C(C6CCCCC6)O5)O4)OC(=O)C4C=C(C)C(O)C5OCC(=CC=CC3C)[C@@]45O)CC2OC)OC(C)C1O. The number of aliphatic hydroxyl groups is 3. The lowest BCUT2D eigenvalue weighted by atomic mass is 9.71. The van der Waals surface area contributed by atoms with Gasteiger partial charge in [-0.25, -0.2) is 0 Å². The van der Waals surface area contributed by atoms with Gasteiger partial charge in [-0.3, -0.25) is 4.79 Å². The standard InChI is InChI=1S/C50H74O14/c1-27-13-12-16-34-26-57-47-42(51)30(4)21-37(50(34,47)54)48(53)60-36-22-35(63-49(25-36)20-19-29(3)45(64-49)33-14-10-9-11-15-33)18-17-28(2)44(27)61-41-24-39(56-8)46(32(6)59-41)62-40-23-38(55-7)43(52)31(5)58-40/h12-13,16-17,19-21,27,29,31-33,35-47,51-52,54H,9-11,14-15,18,22-26H2,1-8H3/t27?,29?,31?,32?,35?,36?,37?,38?,39?,40?,41?,42?,43?,44?,45?,46?,47?,49-,50-/m1/s1.